The minimum absolute atomic E-state index is 0.478. The molecule has 0 aromatic heterocycles. The van der Waals surface area contributed by atoms with Crippen LogP contribution < -0.4 is 10.6 Å². The summed E-state index contributed by atoms with van der Waals surface area (Å²) in [5.41, 5.74) is 0. The van der Waals surface area contributed by atoms with Gasteiger partial charge in [0.25, 0.3) is 0 Å². The molecular formula is C14H21N3S. The third kappa shape index (κ3) is 2.62. The first kappa shape index (κ1) is 12.3. The van der Waals surface area contributed by atoms with Gasteiger partial charge in [0.15, 0.2) is 5.11 Å². The molecule has 4 atom stereocenters. The number of hydrogen-bond donors (Lipinski definition) is 2. The molecule has 3 saturated heterocycles. The van der Waals surface area contributed by atoms with Crippen molar-refractivity contribution in [2.24, 2.45) is 11.8 Å². The standard InChI is InChI=1S/C14H21N3S/c1-2-10-9-17-6-5-11(10)7-13(17)8-15-14(18)16-12-3-4-12/h1,10-13H,3-9H2,(H2,15,16,18)/t10-,11+,13+/m0/s1. The van der Waals surface area contributed by atoms with Crippen molar-refractivity contribution < 1.29 is 0 Å². The van der Waals surface area contributed by atoms with E-state index in [9.17, 15) is 0 Å². The summed E-state index contributed by atoms with van der Waals surface area (Å²) in [7, 11) is 0. The first-order valence-electron chi connectivity index (χ1n) is 7.01. The van der Waals surface area contributed by atoms with E-state index in [0.717, 1.165) is 24.1 Å². The first-order chi connectivity index (χ1) is 8.76. The Morgan fingerprint density at radius 3 is 2.83 bits per heavy atom. The normalized spacial score (nSPS) is 37.9. The number of rotatable bonds is 3. The molecule has 4 rings (SSSR count). The third-order valence-corrected chi connectivity index (χ3v) is 4.77. The van der Waals surface area contributed by atoms with E-state index in [2.05, 4.69) is 21.5 Å². The molecule has 2 bridgehead atoms. The van der Waals surface area contributed by atoms with Gasteiger partial charge in [0, 0.05) is 31.1 Å². The van der Waals surface area contributed by atoms with Crippen molar-refractivity contribution in [3.8, 4) is 12.3 Å². The van der Waals surface area contributed by atoms with Gasteiger partial charge in [0.05, 0.1) is 0 Å². The first-order valence-corrected chi connectivity index (χ1v) is 7.41. The lowest BCUT2D eigenvalue weighted by atomic mass is 9.76. The largest absolute Gasteiger partial charge is 0.361 e. The summed E-state index contributed by atoms with van der Waals surface area (Å²) in [5.74, 6) is 4.17. The summed E-state index contributed by atoms with van der Waals surface area (Å²) in [4.78, 5) is 2.54. The number of thiocarbonyl (C=S) groups is 1. The second-order valence-electron chi connectivity index (χ2n) is 5.84. The average Bonchev–Trinajstić information content (AvgIpc) is 3.21. The monoisotopic (exact) mass is 263 g/mol. The van der Waals surface area contributed by atoms with Crippen LogP contribution in [-0.2, 0) is 0 Å². The predicted molar refractivity (Wildman–Crippen MR) is 77.2 cm³/mol. The van der Waals surface area contributed by atoms with Crippen molar-refractivity contribution in [2.45, 2.75) is 37.8 Å². The Hall–Kier alpha value is -0.790. The summed E-state index contributed by atoms with van der Waals surface area (Å²) in [6, 6.07) is 1.26. The number of terminal acetylenes is 1. The van der Waals surface area contributed by atoms with Crippen molar-refractivity contribution in [2.75, 3.05) is 19.6 Å². The van der Waals surface area contributed by atoms with Crippen LogP contribution >= 0.6 is 12.2 Å². The molecule has 1 aliphatic carbocycles. The highest BCUT2D eigenvalue weighted by atomic mass is 32.1. The molecule has 2 N–H and O–H groups in total. The van der Waals surface area contributed by atoms with Crippen LogP contribution in [0.1, 0.15) is 25.7 Å². The van der Waals surface area contributed by atoms with Crippen LogP contribution in [0.2, 0.25) is 0 Å². The maximum absolute atomic E-state index is 5.60. The maximum atomic E-state index is 5.60. The molecule has 0 spiro atoms. The van der Waals surface area contributed by atoms with Crippen molar-refractivity contribution in [1.29, 1.82) is 0 Å². The molecule has 0 amide bonds. The Balaban J connectivity index is 1.46. The number of fused-ring (bicyclic) bond motifs is 3. The summed E-state index contributed by atoms with van der Waals surface area (Å²) < 4.78 is 0. The number of nitrogens with one attached hydrogen (secondary N) is 2. The third-order valence-electron chi connectivity index (χ3n) is 4.50. The highest BCUT2D eigenvalue weighted by Gasteiger charge is 2.39. The lowest BCUT2D eigenvalue weighted by Crippen LogP contribution is -2.57. The fourth-order valence-electron chi connectivity index (χ4n) is 3.21. The van der Waals surface area contributed by atoms with E-state index in [-0.39, 0.29) is 0 Å². The molecule has 0 aromatic rings. The topological polar surface area (TPSA) is 27.3 Å². The molecule has 98 valence electrons. The highest BCUT2D eigenvalue weighted by Crippen LogP contribution is 2.35. The van der Waals surface area contributed by atoms with E-state index in [1.807, 2.05) is 0 Å². The molecule has 3 aliphatic heterocycles. The van der Waals surface area contributed by atoms with E-state index < -0.39 is 0 Å². The van der Waals surface area contributed by atoms with Gasteiger partial charge in [-0.2, -0.15) is 0 Å². The molecular weight excluding hydrogens is 242 g/mol. The van der Waals surface area contributed by atoms with Crippen molar-refractivity contribution in [3.05, 3.63) is 0 Å². The number of hydrogen-bond acceptors (Lipinski definition) is 2. The molecule has 18 heavy (non-hydrogen) atoms. The molecule has 1 saturated carbocycles. The van der Waals surface area contributed by atoms with Crippen LogP contribution in [0.5, 0.6) is 0 Å². The Labute approximate surface area is 115 Å². The van der Waals surface area contributed by atoms with Crippen LogP contribution in [-0.4, -0.2) is 41.7 Å². The molecule has 3 heterocycles. The van der Waals surface area contributed by atoms with Gasteiger partial charge in [-0.3, -0.25) is 4.90 Å². The van der Waals surface area contributed by atoms with Gasteiger partial charge < -0.3 is 10.6 Å². The van der Waals surface area contributed by atoms with E-state index in [1.165, 1.54) is 32.2 Å². The minimum atomic E-state index is 0.478. The van der Waals surface area contributed by atoms with Gasteiger partial charge in [0.1, 0.15) is 0 Å². The molecule has 0 aromatic carbocycles. The fraction of sp³-hybridized carbons (Fsp3) is 0.786. The smallest absolute Gasteiger partial charge is 0.166 e. The lowest BCUT2D eigenvalue weighted by molar-refractivity contribution is 0.0248. The number of piperidine rings is 3. The van der Waals surface area contributed by atoms with Gasteiger partial charge in [-0.25, -0.2) is 0 Å². The van der Waals surface area contributed by atoms with Crippen LogP contribution in [0.15, 0.2) is 0 Å². The molecule has 1 unspecified atom stereocenters. The van der Waals surface area contributed by atoms with Gasteiger partial charge in [-0.15, -0.1) is 12.3 Å². The maximum Gasteiger partial charge on any atom is 0.166 e. The van der Waals surface area contributed by atoms with E-state index in [4.69, 9.17) is 18.6 Å². The molecule has 4 heteroatoms. The SMILES string of the molecule is C#C[C@H]1CN2CC[C@@H]1C[C@@H]2CNC(=S)NC1CC1. The van der Waals surface area contributed by atoms with Crippen molar-refractivity contribution >= 4 is 17.3 Å². The average molecular weight is 263 g/mol. The molecule has 4 aliphatic rings. The minimum Gasteiger partial charge on any atom is -0.361 e. The zero-order chi connectivity index (χ0) is 12.5. The van der Waals surface area contributed by atoms with Gasteiger partial charge in [-0.1, -0.05) is 0 Å². The molecule has 3 nitrogen and oxygen atoms in total. The van der Waals surface area contributed by atoms with E-state index >= 15 is 0 Å². The van der Waals surface area contributed by atoms with Gasteiger partial charge in [0.2, 0.25) is 0 Å². The van der Waals surface area contributed by atoms with Crippen LogP contribution in [0.3, 0.4) is 0 Å². The second kappa shape index (κ2) is 5.07. The highest BCUT2D eigenvalue weighted by molar-refractivity contribution is 7.80. The zero-order valence-corrected chi connectivity index (χ0v) is 11.5. The number of nitrogens with zero attached hydrogens (tertiary/aromatic N) is 1. The molecule has 0 radical (unpaired) electrons. The fourth-order valence-corrected chi connectivity index (χ4v) is 3.46. The Morgan fingerprint density at radius 2 is 2.22 bits per heavy atom. The summed E-state index contributed by atoms with van der Waals surface area (Å²) >= 11 is 5.30. The lowest BCUT2D eigenvalue weighted by Gasteiger charge is -2.48. The van der Waals surface area contributed by atoms with Crippen LogP contribution in [0, 0.1) is 24.2 Å². The molecule has 4 fully saturated rings. The Bertz CT molecular complexity index is 372. The van der Waals surface area contributed by atoms with Gasteiger partial charge >= 0.3 is 0 Å². The van der Waals surface area contributed by atoms with Crippen LogP contribution in [0.4, 0.5) is 0 Å². The zero-order valence-electron chi connectivity index (χ0n) is 10.7. The predicted octanol–water partition coefficient (Wildman–Crippen LogP) is 0.957. The van der Waals surface area contributed by atoms with Crippen molar-refractivity contribution in [1.82, 2.24) is 15.5 Å². The van der Waals surface area contributed by atoms with E-state index in [1.54, 1.807) is 0 Å². The van der Waals surface area contributed by atoms with E-state index in [0.29, 0.717) is 18.0 Å². The second-order valence-corrected chi connectivity index (χ2v) is 6.24. The Morgan fingerprint density at radius 1 is 1.39 bits per heavy atom. The quantitative estimate of drug-likeness (QED) is 0.586. The van der Waals surface area contributed by atoms with Gasteiger partial charge in [-0.05, 0) is 50.4 Å². The summed E-state index contributed by atoms with van der Waals surface area (Å²) in [6.07, 6.45) is 10.6. The van der Waals surface area contributed by atoms with Crippen LogP contribution in [0.25, 0.3) is 0 Å². The van der Waals surface area contributed by atoms with Crippen molar-refractivity contribution in [3.63, 3.8) is 0 Å². The summed E-state index contributed by atoms with van der Waals surface area (Å²) in [6.45, 7) is 3.25. The summed E-state index contributed by atoms with van der Waals surface area (Å²) in [5, 5.41) is 7.52. The Kier molecular flexibility index (Phi) is 3.45.